The maximum atomic E-state index is 11.6. The molecule has 0 bridgehead atoms. The second kappa shape index (κ2) is 7.46. The van der Waals surface area contributed by atoms with E-state index < -0.39 is 0 Å². The number of rotatable bonds is 5. The van der Waals surface area contributed by atoms with Crippen LogP contribution in [0, 0.1) is 0 Å². The van der Waals surface area contributed by atoms with Crippen molar-refractivity contribution in [2.45, 2.75) is 0 Å². The van der Waals surface area contributed by atoms with E-state index >= 15 is 0 Å². The number of hydrogen-bond acceptors (Lipinski definition) is 5. The van der Waals surface area contributed by atoms with Crippen molar-refractivity contribution in [2.75, 3.05) is 11.9 Å². The number of phenols is 2. The lowest BCUT2D eigenvalue weighted by Gasteiger charge is -2.05. The fourth-order valence-electron chi connectivity index (χ4n) is 1.59. The Bertz CT molecular complexity index is 687. The van der Waals surface area contributed by atoms with Gasteiger partial charge >= 0.3 is 0 Å². The summed E-state index contributed by atoms with van der Waals surface area (Å²) in [5, 5.41) is 25.2. The molecular weight excluding hydrogens is 350 g/mol. The largest absolute Gasteiger partial charge is 0.504 e. The van der Waals surface area contributed by atoms with Crippen LogP contribution in [0.15, 0.2) is 52.0 Å². The molecule has 0 aliphatic rings. The number of hydrazone groups is 1. The van der Waals surface area contributed by atoms with Gasteiger partial charge in [-0.3, -0.25) is 4.79 Å². The topological polar surface area (TPSA) is 94.0 Å². The van der Waals surface area contributed by atoms with Gasteiger partial charge in [0.1, 0.15) is 0 Å². The normalized spacial score (nSPS) is 10.6. The summed E-state index contributed by atoms with van der Waals surface area (Å²) in [6, 6.07) is 11.7. The first-order chi connectivity index (χ1) is 10.5. The number of anilines is 1. The number of nitrogens with zero attached hydrogens (tertiary/aromatic N) is 1. The number of nitrogens with one attached hydrogen (secondary N) is 2. The standard InChI is InChI=1S/C15H14BrN3O3/c16-11-2-4-12(5-3-11)17-9-15(22)19-18-8-10-1-6-13(20)14(21)7-10/h1-8,17,20-21H,9H2,(H,19,22)/b18-8-. The van der Waals surface area contributed by atoms with Crippen LogP contribution in [0.4, 0.5) is 5.69 Å². The van der Waals surface area contributed by atoms with Crippen molar-refractivity contribution in [3.8, 4) is 11.5 Å². The third kappa shape index (κ3) is 4.78. The second-order valence-corrected chi connectivity index (χ2v) is 5.32. The molecule has 0 unspecified atom stereocenters. The molecule has 7 heteroatoms. The van der Waals surface area contributed by atoms with Crippen LogP contribution in [0.5, 0.6) is 11.5 Å². The van der Waals surface area contributed by atoms with Crippen molar-refractivity contribution >= 4 is 33.7 Å². The van der Waals surface area contributed by atoms with Crippen LogP contribution in [-0.2, 0) is 4.79 Å². The molecule has 22 heavy (non-hydrogen) atoms. The van der Waals surface area contributed by atoms with Gasteiger partial charge in [0.2, 0.25) is 0 Å². The van der Waals surface area contributed by atoms with E-state index in [0.717, 1.165) is 10.2 Å². The number of carbonyl (C=O) groups excluding carboxylic acids is 1. The van der Waals surface area contributed by atoms with E-state index in [1.807, 2.05) is 24.3 Å². The first-order valence-electron chi connectivity index (χ1n) is 6.38. The molecule has 0 spiro atoms. The Morgan fingerprint density at radius 1 is 1.14 bits per heavy atom. The molecule has 2 aromatic rings. The number of benzene rings is 2. The van der Waals surface area contributed by atoms with Crippen molar-refractivity contribution in [3.63, 3.8) is 0 Å². The van der Waals surface area contributed by atoms with Gasteiger partial charge in [-0.15, -0.1) is 0 Å². The average Bonchev–Trinajstić information content (AvgIpc) is 2.50. The Hall–Kier alpha value is -2.54. The fraction of sp³-hybridized carbons (Fsp3) is 0.0667. The molecule has 0 fully saturated rings. The predicted molar refractivity (Wildman–Crippen MR) is 88.1 cm³/mol. The van der Waals surface area contributed by atoms with Gasteiger partial charge in [0.15, 0.2) is 11.5 Å². The van der Waals surface area contributed by atoms with Crippen LogP contribution >= 0.6 is 15.9 Å². The predicted octanol–water partition coefficient (Wildman–Crippen LogP) is 2.42. The molecule has 0 radical (unpaired) electrons. The van der Waals surface area contributed by atoms with Crippen molar-refractivity contribution < 1.29 is 15.0 Å². The monoisotopic (exact) mass is 363 g/mol. The molecule has 0 saturated carbocycles. The minimum absolute atomic E-state index is 0.0831. The molecule has 6 nitrogen and oxygen atoms in total. The number of hydrogen-bond donors (Lipinski definition) is 4. The maximum absolute atomic E-state index is 11.6. The lowest BCUT2D eigenvalue weighted by Crippen LogP contribution is -2.25. The summed E-state index contributed by atoms with van der Waals surface area (Å²) >= 11 is 3.33. The highest BCUT2D eigenvalue weighted by molar-refractivity contribution is 9.10. The Morgan fingerprint density at radius 3 is 2.55 bits per heavy atom. The van der Waals surface area contributed by atoms with Gasteiger partial charge in [-0.1, -0.05) is 15.9 Å². The van der Waals surface area contributed by atoms with Crippen LogP contribution in [-0.4, -0.2) is 28.9 Å². The van der Waals surface area contributed by atoms with E-state index in [9.17, 15) is 15.0 Å². The molecule has 0 aliphatic heterocycles. The zero-order valence-corrected chi connectivity index (χ0v) is 13.0. The quantitative estimate of drug-likeness (QED) is 0.372. The van der Waals surface area contributed by atoms with Gasteiger partial charge in [0.25, 0.3) is 5.91 Å². The molecule has 2 rings (SSSR count). The molecule has 0 heterocycles. The van der Waals surface area contributed by atoms with Crippen LogP contribution in [0.3, 0.4) is 0 Å². The zero-order valence-electron chi connectivity index (χ0n) is 11.5. The third-order valence-electron chi connectivity index (χ3n) is 2.70. The highest BCUT2D eigenvalue weighted by Crippen LogP contribution is 2.23. The minimum Gasteiger partial charge on any atom is -0.504 e. The zero-order chi connectivity index (χ0) is 15.9. The fourth-order valence-corrected chi connectivity index (χ4v) is 1.85. The Kier molecular flexibility index (Phi) is 5.37. The highest BCUT2D eigenvalue weighted by Gasteiger charge is 2.00. The van der Waals surface area contributed by atoms with Crippen molar-refractivity contribution in [1.82, 2.24) is 5.43 Å². The van der Waals surface area contributed by atoms with E-state index in [1.165, 1.54) is 18.3 Å². The van der Waals surface area contributed by atoms with Crippen molar-refractivity contribution in [1.29, 1.82) is 0 Å². The van der Waals surface area contributed by atoms with Gasteiger partial charge in [-0.25, -0.2) is 5.43 Å². The summed E-state index contributed by atoms with van der Waals surface area (Å²) in [4.78, 5) is 11.6. The first-order valence-corrected chi connectivity index (χ1v) is 7.17. The van der Waals surface area contributed by atoms with E-state index in [2.05, 4.69) is 31.8 Å². The molecule has 0 atom stereocenters. The molecule has 2 aromatic carbocycles. The summed E-state index contributed by atoms with van der Waals surface area (Å²) in [7, 11) is 0. The van der Waals surface area contributed by atoms with Crippen molar-refractivity contribution in [3.05, 3.63) is 52.5 Å². The van der Waals surface area contributed by atoms with Crippen molar-refractivity contribution in [2.24, 2.45) is 5.10 Å². The third-order valence-corrected chi connectivity index (χ3v) is 3.23. The average molecular weight is 364 g/mol. The Balaban J connectivity index is 1.80. The van der Waals surface area contributed by atoms with E-state index in [0.29, 0.717) is 5.56 Å². The summed E-state index contributed by atoms with van der Waals surface area (Å²) in [6.07, 6.45) is 1.37. The molecule has 0 aliphatic carbocycles. The van der Waals surface area contributed by atoms with Gasteiger partial charge in [-0.2, -0.15) is 5.10 Å². The Morgan fingerprint density at radius 2 is 1.86 bits per heavy atom. The summed E-state index contributed by atoms with van der Waals surface area (Å²) in [5.74, 6) is -0.755. The van der Waals surface area contributed by atoms with Gasteiger partial charge in [-0.05, 0) is 48.0 Å². The summed E-state index contributed by atoms with van der Waals surface area (Å²) in [5.41, 5.74) is 3.74. The van der Waals surface area contributed by atoms with Crippen LogP contribution in [0.2, 0.25) is 0 Å². The van der Waals surface area contributed by atoms with Gasteiger partial charge in [0.05, 0.1) is 12.8 Å². The SMILES string of the molecule is O=C(CNc1ccc(Br)cc1)N/N=C\c1ccc(O)c(O)c1. The maximum Gasteiger partial charge on any atom is 0.259 e. The Labute approximate surface area is 135 Å². The molecule has 114 valence electrons. The van der Waals surface area contributed by atoms with E-state index in [4.69, 9.17) is 0 Å². The van der Waals surface area contributed by atoms with E-state index in [-0.39, 0.29) is 24.0 Å². The first kappa shape index (κ1) is 15.8. The number of halogens is 1. The lowest BCUT2D eigenvalue weighted by molar-refractivity contribution is -0.119. The van der Waals surface area contributed by atoms with E-state index in [1.54, 1.807) is 6.07 Å². The van der Waals surface area contributed by atoms with Gasteiger partial charge in [0, 0.05) is 10.2 Å². The number of amides is 1. The summed E-state index contributed by atoms with van der Waals surface area (Å²) in [6.45, 7) is 0.0831. The number of carbonyl (C=O) groups is 1. The smallest absolute Gasteiger partial charge is 0.259 e. The molecule has 4 N–H and O–H groups in total. The van der Waals surface area contributed by atoms with Gasteiger partial charge < -0.3 is 15.5 Å². The lowest BCUT2D eigenvalue weighted by atomic mass is 10.2. The highest BCUT2D eigenvalue weighted by atomic mass is 79.9. The second-order valence-electron chi connectivity index (χ2n) is 4.40. The molecule has 0 saturated heterocycles. The van der Waals surface area contributed by atoms with Crippen LogP contribution < -0.4 is 10.7 Å². The van der Waals surface area contributed by atoms with Crippen LogP contribution in [0.25, 0.3) is 0 Å². The molecule has 1 amide bonds. The minimum atomic E-state index is -0.304. The number of phenolic OH excluding ortho intramolecular Hbond substituents is 2. The molecular formula is C15H14BrN3O3. The number of aromatic hydroxyl groups is 2. The summed E-state index contributed by atoms with van der Waals surface area (Å²) < 4.78 is 0.962. The van der Waals surface area contributed by atoms with Crippen LogP contribution in [0.1, 0.15) is 5.56 Å². The molecule has 0 aromatic heterocycles.